The molecule has 4 nitrogen and oxygen atoms in total. The second-order valence-electron chi connectivity index (χ2n) is 4.44. The Bertz CT molecular complexity index is 586. The van der Waals surface area contributed by atoms with Gasteiger partial charge in [-0.1, -0.05) is 11.6 Å². The summed E-state index contributed by atoms with van der Waals surface area (Å²) in [5, 5.41) is 4.02. The lowest BCUT2D eigenvalue weighted by molar-refractivity contribution is 0.197. The summed E-state index contributed by atoms with van der Waals surface area (Å²) in [5.41, 5.74) is 1.92. The minimum atomic E-state index is 0.694. The molecule has 0 saturated heterocycles. The van der Waals surface area contributed by atoms with Gasteiger partial charge in [0.2, 0.25) is 5.95 Å². The second kappa shape index (κ2) is 7.11. The summed E-state index contributed by atoms with van der Waals surface area (Å²) in [5.74, 6) is 0.807. The SMILES string of the molecule is COCCCNc1nc(C)cn1-c1cc(Cl)ccc1Br. The van der Waals surface area contributed by atoms with Crippen molar-refractivity contribution in [1.29, 1.82) is 0 Å². The van der Waals surface area contributed by atoms with Gasteiger partial charge in [0.25, 0.3) is 0 Å². The van der Waals surface area contributed by atoms with Gasteiger partial charge in [0.05, 0.1) is 11.4 Å². The molecule has 0 amide bonds. The van der Waals surface area contributed by atoms with Crippen molar-refractivity contribution in [3.8, 4) is 5.69 Å². The van der Waals surface area contributed by atoms with Crippen molar-refractivity contribution in [2.45, 2.75) is 13.3 Å². The number of imidazole rings is 1. The largest absolute Gasteiger partial charge is 0.385 e. The van der Waals surface area contributed by atoms with Crippen LogP contribution in [0.2, 0.25) is 5.02 Å². The van der Waals surface area contributed by atoms with E-state index in [-0.39, 0.29) is 0 Å². The van der Waals surface area contributed by atoms with Crippen molar-refractivity contribution in [3.63, 3.8) is 0 Å². The van der Waals surface area contributed by atoms with Crippen LogP contribution in [-0.4, -0.2) is 29.8 Å². The van der Waals surface area contributed by atoms with Crippen molar-refractivity contribution < 1.29 is 4.74 Å². The highest BCUT2D eigenvalue weighted by atomic mass is 79.9. The fraction of sp³-hybridized carbons (Fsp3) is 0.357. The third-order valence-electron chi connectivity index (χ3n) is 2.80. The Labute approximate surface area is 132 Å². The van der Waals surface area contributed by atoms with Crippen molar-refractivity contribution >= 4 is 33.5 Å². The van der Waals surface area contributed by atoms with Gasteiger partial charge in [0.1, 0.15) is 0 Å². The van der Waals surface area contributed by atoms with Crippen LogP contribution < -0.4 is 5.32 Å². The third kappa shape index (κ3) is 3.75. The van der Waals surface area contributed by atoms with E-state index >= 15 is 0 Å². The van der Waals surface area contributed by atoms with E-state index in [1.807, 2.05) is 35.9 Å². The van der Waals surface area contributed by atoms with E-state index < -0.39 is 0 Å². The van der Waals surface area contributed by atoms with Gasteiger partial charge < -0.3 is 10.1 Å². The van der Waals surface area contributed by atoms with Gasteiger partial charge in [-0.05, 0) is 47.5 Å². The Morgan fingerprint density at radius 1 is 1.45 bits per heavy atom. The van der Waals surface area contributed by atoms with Crippen LogP contribution in [0.4, 0.5) is 5.95 Å². The van der Waals surface area contributed by atoms with Crippen LogP contribution in [0.5, 0.6) is 0 Å². The molecule has 0 aliphatic rings. The summed E-state index contributed by atoms with van der Waals surface area (Å²) in [4.78, 5) is 4.50. The molecule has 1 N–H and O–H groups in total. The topological polar surface area (TPSA) is 39.1 Å². The normalized spacial score (nSPS) is 10.8. The molecular formula is C14H17BrClN3O. The number of hydrogen-bond donors (Lipinski definition) is 1. The first-order valence-electron chi connectivity index (χ1n) is 6.36. The van der Waals surface area contributed by atoms with Gasteiger partial charge in [-0.25, -0.2) is 4.98 Å². The Balaban J connectivity index is 2.25. The molecule has 0 saturated carbocycles. The zero-order valence-electron chi connectivity index (χ0n) is 11.5. The average molecular weight is 359 g/mol. The number of nitrogens with zero attached hydrogens (tertiary/aromatic N) is 2. The van der Waals surface area contributed by atoms with E-state index in [1.54, 1.807) is 7.11 Å². The highest BCUT2D eigenvalue weighted by molar-refractivity contribution is 9.10. The van der Waals surface area contributed by atoms with E-state index in [9.17, 15) is 0 Å². The summed E-state index contributed by atoms with van der Waals surface area (Å²) >= 11 is 9.63. The van der Waals surface area contributed by atoms with Gasteiger partial charge >= 0.3 is 0 Å². The molecule has 1 heterocycles. The predicted molar refractivity (Wildman–Crippen MR) is 86.0 cm³/mol. The number of anilines is 1. The van der Waals surface area contributed by atoms with Crippen LogP contribution in [0, 0.1) is 6.92 Å². The highest BCUT2D eigenvalue weighted by Crippen LogP contribution is 2.27. The lowest BCUT2D eigenvalue weighted by Crippen LogP contribution is -2.09. The van der Waals surface area contributed by atoms with Crippen LogP contribution in [0.15, 0.2) is 28.9 Å². The van der Waals surface area contributed by atoms with Gasteiger partial charge in [-0.15, -0.1) is 0 Å². The Kier molecular flexibility index (Phi) is 5.46. The molecular weight excluding hydrogens is 342 g/mol. The van der Waals surface area contributed by atoms with Crippen molar-refractivity contribution in [1.82, 2.24) is 9.55 Å². The zero-order chi connectivity index (χ0) is 14.5. The number of ether oxygens (including phenoxy) is 1. The molecule has 1 aromatic carbocycles. The number of methoxy groups -OCH3 is 1. The number of rotatable bonds is 6. The Hall–Kier alpha value is -1.04. The van der Waals surface area contributed by atoms with Gasteiger partial charge in [0, 0.05) is 36.0 Å². The lowest BCUT2D eigenvalue weighted by Gasteiger charge is -2.11. The minimum Gasteiger partial charge on any atom is -0.385 e. The molecule has 0 unspecified atom stereocenters. The van der Waals surface area contributed by atoms with Gasteiger partial charge in [-0.2, -0.15) is 0 Å². The average Bonchev–Trinajstić information content (AvgIpc) is 2.78. The molecule has 0 aliphatic carbocycles. The maximum atomic E-state index is 6.08. The third-order valence-corrected chi connectivity index (χ3v) is 3.71. The highest BCUT2D eigenvalue weighted by Gasteiger charge is 2.10. The van der Waals surface area contributed by atoms with E-state index in [2.05, 4.69) is 26.2 Å². The van der Waals surface area contributed by atoms with Crippen LogP contribution >= 0.6 is 27.5 Å². The second-order valence-corrected chi connectivity index (χ2v) is 5.74. The Morgan fingerprint density at radius 2 is 2.25 bits per heavy atom. The lowest BCUT2D eigenvalue weighted by atomic mass is 10.3. The maximum Gasteiger partial charge on any atom is 0.207 e. The van der Waals surface area contributed by atoms with E-state index in [4.69, 9.17) is 16.3 Å². The fourth-order valence-corrected chi connectivity index (χ4v) is 2.50. The number of aryl methyl sites for hydroxylation is 1. The first-order valence-corrected chi connectivity index (χ1v) is 7.53. The summed E-state index contributed by atoms with van der Waals surface area (Å²) in [6.45, 7) is 3.51. The molecule has 2 rings (SSSR count). The molecule has 2 aromatic rings. The summed E-state index contributed by atoms with van der Waals surface area (Å²) in [6, 6.07) is 5.69. The smallest absolute Gasteiger partial charge is 0.207 e. The maximum absolute atomic E-state index is 6.08. The summed E-state index contributed by atoms with van der Waals surface area (Å²) < 4.78 is 8.01. The molecule has 6 heteroatoms. The van der Waals surface area contributed by atoms with Crippen molar-refractivity contribution in [2.24, 2.45) is 0 Å². The first-order chi connectivity index (χ1) is 9.61. The van der Waals surface area contributed by atoms with E-state index in [1.165, 1.54) is 0 Å². The van der Waals surface area contributed by atoms with Crippen LogP contribution in [0.3, 0.4) is 0 Å². The molecule has 0 radical (unpaired) electrons. The molecule has 0 fully saturated rings. The molecule has 0 spiro atoms. The monoisotopic (exact) mass is 357 g/mol. The molecule has 0 atom stereocenters. The number of nitrogens with one attached hydrogen (secondary N) is 1. The fourth-order valence-electron chi connectivity index (χ4n) is 1.89. The van der Waals surface area contributed by atoms with Crippen LogP contribution in [0.25, 0.3) is 5.69 Å². The molecule has 1 aromatic heterocycles. The summed E-state index contributed by atoms with van der Waals surface area (Å²) in [7, 11) is 1.70. The van der Waals surface area contributed by atoms with Crippen molar-refractivity contribution in [3.05, 3.63) is 39.6 Å². The van der Waals surface area contributed by atoms with E-state index in [0.29, 0.717) is 5.02 Å². The molecule has 0 bridgehead atoms. The molecule has 0 aliphatic heterocycles. The van der Waals surface area contributed by atoms with Gasteiger partial charge in [-0.3, -0.25) is 4.57 Å². The first kappa shape index (κ1) is 15.4. The Morgan fingerprint density at radius 3 is 3.00 bits per heavy atom. The predicted octanol–water partition coefficient (Wildman–Crippen LogP) is 4.05. The van der Waals surface area contributed by atoms with Gasteiger partial charge in [0.15, 0.2) is 0 Å². The number of aromatic nitrogens is 2. The number of hydrogen-bond acceptors (Lipinski definition) is 3. The van der Waals surface area contributed by atoms with E-state index in [0.717, 1.165) is 41.4 Å². The standard InChI is InChI=1S/C14H17BrClN3O/c1-10-9-19(13-8-11(16)4-5-12(13)15)14(18-10)17-6-3-7-20-2/h4-5,8-9H,3,6-7H2,1-2H3,(H,17,18). The van der Waals surface area contributed by atoms with Crippen molar-refractivity contribution in [2.75, 3.05) is 25.6 Å². The minimum absolute atomic E-state index is 0.694. The molecule has 108 valence electrons. The van der Waals surface area contributed by atoms with Crippen LogP contribution in [0.1, 0.15) is 12.1 Å². The molecule has 20 heavy (non-hydrogen) atoms. The zero-order valence-corrected chi connectivity index (χ0v) is 13.8. The van der Waals surface area contributed by atoms with Crippen LogP contribution in [-0.2, 0) is 4.74 Å². The summed E-state index contributed by atoms with van der Waals surface area (Å²) in [6.07, 6.45) is 2.91. The quantitative estimate of drug-likeness (QED) is 0.792. The number of halogens is 2. The number of benzene rings is 1.